The van der Waals surface area contributed by atoms with Crippen LogP contribution in [0.3, 0.4) is 0 Å². The number of nitrogens with one attached hydrogen (secondary N) is 1. The van der Waals surface area contributed by atoms with E-state index < -0.39 is 0 Å². The molecule has 0 saturated carbocycles. The summed E-state index contributed by atoms with van der Waals surface area (Å²) in [5, 5.41) is 14.1. The molecule has 3 nitrogen and oxygen atoms in total. The molecule has 2 aromatic rings. The molecule has 2 heterocycles. The summed E-state index contributed by atoms with van der Waals surface area (Å²) in [6.07, 6.45) is 1.12. The molecule has 96 valence electrons. The summed E-state index contributed by atoms with van der Waals surface area (Å²) < 4.78 is 0. The van der Waals surface area contributed by atoms with Crippen LogP contribution in [0.5, 0.6) is 0 Å². The number of nitrogens with zero attached hydrogens (tertiary/aromatic N) is 2. The van der Waals surface area contributed by atoms with E-state index in [0.29, 0.717) is 0 Å². The highest BCUT2D eigenvalue weighted by Gasteiger charge is 2.17. The first-order valence-electron chi connectivity index (χ1n) is 6.30. The Morgan fingerprint density at radius 2 is 2.17 bits per heavy atom. The van der Waals surface area contributed by atoms with Crippen LogP contribution >= 0.6 is 11.3 Å². The zero-order valence-corrected chi connectivity index (χ0v) is 11.9. The van der Waals surface area contributed by atoms with E-state index in [1.807, 2.05) is 13.8 Å². The molecule has 0 aliphatic heterocycles. The van der Waals surface area contributed by atoms with Crippen molar-refractivity contribution in [3.05, 3.63) is 45.4 Å². The third kappa shape index (κ3) is 2.94. The molecule has 0 saturated heterocycles. The van der Waals surface area contributed by atoms with E-state index in [-0.39, 0.29) is 6.04 Å². The van der Waals surface area contributed by atoms with Gasteiger partial charge in [-0.3, -0.25) is 0 Å². The van der Waals surface area contributed by atoms with E-state index in [4.69, 9.17) is 0 Å². The van der Waals surface area contributed by atoms with Crippen molar-refractivity contribution in [2.24, 2.45) is 0 Å². The van der Waals surface area contributed by atoms with E-state index in [1.165, 1.54) is 10.4 Å². The molecule has 1 unspecified atom stereocenters. The lowest BCUT2D eigenvalue weighted by Gasteiger charge is -2.19. The third-order valence-electron chi connectivity index (χ3n) is 2.88. The van der Waals surface area contributed by atoms with Crippen LogP contribution in [0, 0.1) is 13.8 Å². The van der Waals surface area contributed by atoms with Gasteiger partial charge in [0.1, 0.15) is 0 Å². The van der Waals surface area contributed by atoms with Crippen molar-refractivity contribution in [1.29, 1.82) is 0 Å². The molecular formula is C14H19N3S. The van der Waals surface area contributed by atoms with Crippen molar-refractivity contribution in [3.8, 4) is 0 Å². The average Bonchev–Trinajstić information content (AvgIpc) is 2.88. The van der Waals surface area contributed by atoms with Crippen LogP contribution in [0.2, 0.25) is 0 Å². The zero-order valence-electron chi connectivity index (χ0n) is 11.1. The molecule has 0 radical (unpaired) electrons. The van der Waals surface area contributed by atoms with Crippen molar-refractivity contribution in [1.82, 2.24) is 15.5 Å². The summed E-state index contributed by atoms with van der Waals surface area (Å²) in [7, 11) is 0. The second-order valence-corrected chi connectivity index (χ2v) is 5.41. The van der Waals surface area contributed by atoms with Gasteiger partial charge >= 0.3 is 0 Å². The molecule has 1 atom stereocenters. The Hall–Kier alpha value is -1.26. The van der Waals surface area contributed by atoms with E-state index in [1.54, 1.807) is 11.3 Å². The first-order chi connectivity index (χ1) is 8.72. The molecule has 0 aliphatic rings. The van der Waals surface area contributed by atoms with Gasteiger partial charge < -0.3 is 5.32 Å². The Kier molecular flexibility index (Phi) is 4.44. The van der Waals surface area contributed by atoms with Gasteiger partial charge in [0, 0.05) is 4.88 Å². The Labute approximate surface area is 112 Å². The van der Waals surface area contributed by atoms with Crippen LogP contribution < -0.4 is 5.32 Å². The van der Waals surface area contributed by atoms with Gasteiger partial charge in [-0.2, -0.15) is 10.2 Å². The minimum Gasteiger partial charge on any atom is -0.306 e. The van der Waals surface area contributed by atoms with Gasteiger partial charge in [-0.25, -0.2) is 0 Å². The number of aryl methyl sites for hydroxylation is 2. The van der Waals surface area contributed by atoms with Crippen molar-refractivity contribution >= 4 is 11.3 Å². The maximum absolute atomic E-state index is 4.23. The molecule has 1 N–H and O–H groups in total. The highest BCUT2D eigenvalue weighted by Crippen LogP contribution is 2.27. The summed E-state index contributed by atoms with van der Waals surface area (Å²) in [6, 6.07) is 6.64. The summed E-state index contributed by atoms with van der Waals surface area (Å²) in [4.78, 5) is 1.33. The van der Waals surface area contributed by atoms with Gasteiger partial charge in [0.2, 0.25) is 0 Å². The van der Waals surface area contributed by atoms with Crippen molar-refractivity contribution in [3.63, 3.8) is 0 Å². The number of hydrogen-bond acceptors (Lipinski definition) is 4. The van der Waals surface area contributed by atoms with Crippen molar-refractivity contribution in [2.75, 3.05) is 6.54 Å². The highest BCUT2D eigenvalue weighted by molar-refractivity contribution is 7.10. The lowest BCUT2D eigenvalue weighted by molar-refractivity contribution is 0.598. The van der Waals surface area contributed by atoms with Crippen molar-refractivity contribution < 1.29 is 0 Å². The van der Waals surface area contributed by atoms with E-state index >= 15 is 0 Å². The Balaban J connectivity index is 2.36. The fourth-order valence-electron chi connectivity index (χ4n) is 1.97. The topological polar surface area (TPSA) is 37.8 Å². The predicted octanol–water partition coefficient (Wildman–Crippen LogP) is 3.24. The number of aromatic nitrogens is 2. The SMILES string of the molecule is CCCNC(c1cccs1)c1cc(C)nnc1C. The van der Waals surface area contributed by atoms with Gasteiger partial charge in [-0.15, -0.1) is 11.3 Å². The molecule has 4 heteroatoms. The Morgan fingerprint density at radius 1 is 1.33 bits per heavy atom. The maximum atomic E-state index is 4.23. The van der Waals surface area contributed by atoms with Crippen LogP contribution in [-0.4, -0.2) is 16.7 Å². The fraction of sp³-hybridized carbons (Fsp3) is 0.429. The molecule has 0 aliphatic carbocycles. The molecule has 2 aromatic heterocycles. The molecule has 0 aromatic carbocycles. The summed E-state index contributed by atoms with van der Waals surface area (Å²) in [5.74, 6) is 0. The Morgan fingerprint density at radius 3 is 2.83 bits per heavy atom. The summed E-state index contributed by atoms with van der Waals surface area (Å²) in [6.45, 7) is 7.20. The van der Waals surface area contributed by atoms with E-state index in [9.17, 15) is 0 Å². The largest absolute Gasteiger partial charge is 0.306 e. The normalized spacial score (nSPS) is 12.6. The minimum absolute atomic E-state index is 0.235. The summed E-state index contributed by atoms with van der Waals surface area (Å²) in [5.41, 5.74) is 3.21. The zero-order chi connectivity index (χ0) is 13.0. The Bertz CT molecular complexity index is 494. The lowest BCUT2D eigenvalue weighted by Crippen LogP contribution is -2.23. The highest BCUT2D eigenvalue weighted by atomic mass is 32.1. The summed E-state index contributed by atoms with van der Waals surface area (Å²) >= 11 is 1.78. The van der Waals surface area contributed by atoms with Gasteiger partial charge in [0.25, 0.3) is 0 Å². The quantitative estimate of drug-likeness (QED) is 0.898. The maximum Gasteiger partial charge on any atom is 0.0690 e. The second-order valence-electron chi connectivity index (χ2n) is 4.43. The first kappa shape index (κ1) is 13.2. The van der Waals surface area contributed by atoms with E-state index in [0.717, 1.165) is 24.4 Å². The average molecular weight is 261 g/mol. The number of rotatable bonds is 5. The van der Waals surface area contributed by atoms with E-state index in [2.05, 4.69) is 46.0 Å². The molecule has 2 rings (SSSR count). The van der Waals surface area contributed by atoms with Gasteiger partial charge in [0.15, 0.2) is 0 Å². The molecule has 18 heavy (non-hydrogen) atoms. The standard InChI is InChI=1S/C14H19N3S/c1-4-7-15-14(13-6-5-8-18-13)12-9-10(2)16-17-11(12)3/h5-6,8-9,14-15H,4,7H2,1-3H3. The molecule has 0 amide bonds. The van der Waals surface area contributed by atoms with Crippen LogP contribution in [-0.2, 0) is 0 Å². The molecule has 0 spiro atoms. The van der Waals surface area contributed by atoms with Gasteiger partial charge in [0.05, 0.1) is 17.4 Å². The molecule has 0 bridgehead atoms. The van der Waals surface area contributed by atoms with Crippen LogP contribution in [0.25, 0.3) is 0 Å². The molecule has 0 fully saturated rings. The smallest absolute Gasteiger partial charge is 0.0690 e. The lowest BCUT2D eigenvalue weighted by atomic mass is 10.0. The van der Waals surface area contributed by atoms with Gasteiger partial charge in [-0.1, -0.05) is 13.0 Å². The van der Waals surface area contributed by atoms with Crippen LogP contribution in [0.15, 0.2) is 23.6 Å². The monoisotopic (exact) mass is 261 g/mol. The van der Waals surface area contributed by atoms with Crippen LogP contribution in [0.1, 0.15) is 41.2 Å². The second kappa shape index (κ2) is 6.07. The fourth-order valence-corrected chi connectivity index (χ4v) is 2.79. The van der Waals surface area contributed by atoms with Gasteiger partial charge in [-0.05, 0) is 49.9 Å². The minimum atomic E-state index is 0.235. The molecular weight excluding hydrogens is 242 g/mol. The van der Waals surface area contributed by atoms with Crippen molar-refractivity contribution in [2.45, 2.75) is 33.2 Å². The van der Waals surface area contributed by atoms with Crippen LogP contribution in [0.4, 0.5) is 0 Å². The number of hydrogen-bond donors (Lipinski definition) is 1. The third-order valence-corrected chi connectivity index (χ3v) is 3.81. The first-order valence-corrected chi connectivity index (χ1v) is 7.18. The number of thiophene rings is 1. The predicted molar refractivity (Wildman–Crippen MR) is 76.0 cm³/mol.